The van der Waals surface area contributed by atoms with E-state index >= 15 is 0 Å². The molecule has 0 radical (unpaired) electrons. The van der Waals surface area contributed by atoms with Crippen molar-refractivity contribution in [2.75, 3.05) is 0 Å². The SMILES string of the molecule is Cc1cc(C(NC(=O)c2cc(Cn3ccn(C)c3=N)cc(C(C)C(F)(F)F)c2)C2CC2)ccc1F. The molecule has 1 aliphatic rings. The number of benzene rings is 2. The highest BCUT2D eigenvalue weighted by molar-refractivity contribution is 5.95. The number of hydrogen-bond donors (Lipinski definition) is 2. The van der Waals surface area contributed by atoms with Crippen LogP contribution in [-0.2, 0) is 13.6 Å². The van der Waals surface area contributed by atoms with Crippen molar-refractivity contribution >= 4 is 5.91 Å². The van der Waals surface area contributed by atoms with E-state index in [-0.39, 0.29) is 41.1 Å². The van der Waals surface area contributed by atoms with Crippen molar-refractivity contribution in [2.45, 2.75) is 51.4 Å². The lowest BCUT2D eigenvalue weighted by molar-refractivity contribution is -0.146. The molecule has 1 heterocycles. The van der Waals surface area contributed by atoms with Crippen LogP contribution < -0.4 is 10.9 Å². The van der Waals surface area contributed by atoms with Crippen LogP contribution in [0.4, 0.5) is 17.6 Å². The third-order valence-electron chi connectivity index (χ3n) is 6.62. The second-order valence-corrected chi connectivity index (χ2v) is 9.38. The molecule has 0 bridgehead atoms. The predicted molar refractivity (Wildman–Crippen MR) is 123 cm³/mol. The number of hydrogen-bond acceptors (Lipinski definition) is 2. The lowest BCUT2D eigenvalue weighted by Gasteiger charge is -2.21. The molecule has 9 heteroatoms. The Hall–Kier alpha value is -3.36. The van der Waals surface area contributed by atoms with Gasteiger partial charge in [-0.2, -0.15) is 13.2 Å². The van der Waals surface area contributed by atoms with E-state index in [4.69, 9.17) is 5.41 Å². The Labute approximate surface area is 200 Å². The van der Waals surface area contributed by atoms with Crippen LogP contribution in [0, 0.1) is 24.1 Å². The summed E-state index contributed by atoms with van der Waals surface area (Å²) in [4.78, 5) is 13.3. The third kappa shape index (κ3) is 5.49. The van der Waals surface area contributed by atoms with E-state index in [1.54, 1.807) is 53.7 Å². The summed E-state index contributed by atoms with van der Waals surface area (Å²) in [5.41, 5.74) is 2.04. The van der Waals surface area contributed by atoms with Gasteiger partial charge in [-0.1, -0.05) is 18.2 Å². The fourth-order valence-corrected chi connectivity index (χ4v) is 4.22. The highest BCUT2D eigenvalue weighted by Crippen LogP contribution is 2.41. The number of carbonyl (C=O) groups excluding carboxylic acids is 1. The second-order valence-electron chi connectivity index (χ2n) is 9.38. The van der Waals surface area contributed by atoms with E-state index in [0.717, 1.165) is 25.3 Å². The molecule has 1 amide bonds. The summed E-state index contributed by atoms with van der Waals surface area (Å²) < 4.78 is 57.6. The van der Waals surface area contributed by atoms with Crippen LogP contribution in [0.1, 0.15) is 64.3 Å². The maximum atomic E-state index is 13.8. The van der Waals surface area contributed by atoms with Gasteiger partial charge >= 0.3 is 6.18 Å². The van der Waals surface area contributed by atoms with Crippen molar-refractivity contribution in [3.8, 4) is 0 Å². The number of carbonyl (C=O) groups is 1. The summed E-state index contributed by atoms with van der Waals surface area (Å²) in [7, 11) is 1.70. The van der Waals surface area contributed by atoms with Gasteiger partial charge < -0.3 is 14.5 Å². The molecule has 2 unspecified atom stereocenters. The first-order valence-electron chi connectivity index (χ1n) is 11.5. The number of amides is 1. The number of nitrogens with one attached hydrogen (secondary N) is 2. The number of rotatable bonds is 7. The largest absolute Gasteiger partial charge is 0.395 e. The molecule has 35 heavy (non-hydrogen) atoms. The van der Waals surface area contributed by atoms with Crippen LogP contribution in [-0.4, -0.2) is 21.2 Å². The van der Waals surface area contributed by atoms with Crippen molar-refractivity contribution < 1.29 is 22.4 Å². The fraction of sp³-hybridized carbons (Fsp3) is 0.385. The van der Waals surface area contributed by atoms with Crippen molar-refractivity contribution in [3.05, 3.63) is 88.0 Å². The molecular weight excluding hydrogens is 460 g/mol. The Morgan fingerprint density at radius 3 is 2.43 bits per heavy atom. The first kappa shape index (κ1) is 24.8. The summed E-state index contributed by atoms with van der Waals surface area (Å²) in [5, 5.41) is 11.1. The smallest absolute Gasteiger partial charge is 0.345 e. The van der Waals surface area contributed by atoms with Crippen molar-refractivity contribution in [1.82, 2.24) is 14.5 Å². The Morgan fingerprint density at radius 1 is 1.14 bits per heavy atom. The predicted octanol–water partition coefficient (Wildman–Crippen LogP) is 5.35. The first-order valence-corrected chi connectivity index (χ1v) is 11.5. The number of nitrogens with zero attached hydrogens (tertiary/aromatic N) is 2. The van der Waals surface area contributed by atoms with E-state index in [1.165, 1.54) is 18.2 Å². The maximum Gasteiger partial charge on any atom is 0.395 e. The summed E-state index contributed by atoms with van der Waals surface area (Å²) in [5.74, 6) is -2.37. The molecule has 186 valence electrons. The lowest BCUT2D eigenvalue weighted by atomic mass is 9.94. The van der Waals surface area contributed by atoms with Crippen molar-refractivity contribution in [1.29, 1.82) is 5.41 Å². The summed E-state index contributed by atoms with van der Waals surface area (Å²) in [6.45, 7) is 2.88. The zero-order chi connectivity index (χ0) is 25.5. The molecule has 1 aliphatic carbocycles. The number of imidazole rings is 1. The van der Waals surface area contributed by atoms with Gasteiger partial charge in [0.1, 0.15) is 5.82 Å². The minimum absolute atomic E-state index is 0.0104. The van der Waals surface area contributed by atoms with Gasteiger partial charge in [-0.25, -0.2) is 4.39 Å². The molecule has 1 aromatic heterocycles. The lowest BCUT2D eigenvalue weighted by Crippen LogP contribution is -2.30. The molecule has 2 N–H and O–H groups in total. The van der Waals surface area contributed by atoms with Gasteiger partial charge in [0.2, 0.25) is 5.62 Å². The van der Waals surface area contributed by atoms with E-state index in [2.05, 4.69) is 5.32 Å². The van der Waals surface area contributed by atoms with Crippen LogP contribution in [0.2, 0.25) is 0 Å². The van der Waals surface area contributed by atoms with Gasteiger partial charge in [-0.3, -0.25) is 10.2 Å². The van der Waals surface area contributed by atoms with Crippen molar-refractivity contribution in [3.63, 3.8) is 0 Å². The number of aromatic nitrogens is 2. The van der Waals surface area contributed by atoms with Gasteiger partial charge in [-0.15, -0.1) is 0 Å². The molecule has 2 atom stereocenters. The molecule has 1 saturated carbocycles. The average molecular weight is 489 g/mol. The topological polar surface area (TPSA) is 62.8 Å². The first-order chi connectivity index (χ1) is 16.4. The minimum atomic E-state index is -4.46. The second kappa shape index (κ2) is 9.36. The summed E-state index contributed by atoms with van der Waals surface area (Å²) in [6, 6.07) is 8.66. The number of alkyl halides is 3. The van der Waals surface area contributed by atoms with Crippen molar-refractivity contribution in [2.24, 2.45) is 13.0 Å². The molecule has 5 nitrogen and oxygen atoms in total. The van der Waals surface area contributed by atoms with Crippen LogP contribution in [0.5, 0.6) is 0 Å². The highest BCUT2D eigenvalue weighted by Gasteiger charge is 2.38. The molecule has 4 rings (SSSR count). The Balaban J connectivity index is 1.68. The standard InChI is InChI=1S/C26H28F4N4O/c1-15-10-19(6-7-22(15)27)23(18-4-5-18)32-24(35)21-12-17(14-34-9-8-33(3)25(34)31)11-20(13-21)16(2)26(28,29)30/h6-13,16,18,23,31H,4-5,14H2,1-3H3,(H,32,35). The zero-order valence-electron chi connectivity index (χ0n) is 19.8. The highest BCUT2D eigenvalue weighted by atomic mass is 19.4. The molecule has 1 fully saturated rings. The fourth-order valence-electron chi connectivity index (χ4n) is 4.22. The summed E-state index contributed by atoms with van der Waals surface area (Å²) >= 11 is 0. The third-order valence-corrected chi connectivity index (χ3v) is 6.62. The Kier molecular flexibility index (Phi) is 6.62. The zero-order valence-corrected chi connectivity index (χ0v) is 19.8. The molecule has 2 aromatic carbocycles. The van der Waals surface area contributed by atoms with E-state index < -0.39 is 18.0 Å². The number of aryl methyl sites for hydroxylation is 2. The monoisotopic (exact) mass is 488 g/mol. The molecule has 3 aromatic rings. The van der Waals surface area contributed by atoms with Gasteiger partial charge in [0.15, 0.2) is 0 Å². The molecule has 0 saturated heterocycles. The van der Waals surface area contributed by atoms with Gasteiger partial charge in [-0.05, 0) is 73.1 Å². The van der Waals surface area contributed by atoms with E-state index in [0.29, 0.717) is 11.1 Å². The molecular formula is C26H28F4N4O. The van der Waals surface area contributed by atoms with E-state index in [9.17, 15) is 22.4 Å². The summed E-state index contributed by atoms with van der Waals surface area (Å²) in [6.07, 6.45) is 0.712. The molecule has 0 aliphatic heterocycles. The number of halogens is 4. The Bertz CT molecular complexity index is 1300. The van der Waals surface area contributed by atoms with Gasteiger partial charge in [0.25, 0.3) is 5.91 Å². The Morgan fingerprint density at radius 2 is 1.86 bits per heavy atom. The minimum Gasteiger partial charge on any atom is -0.345 e. The van der Waals surface area contributed by atoms with Gasteiger partial charge in [0, 0.05) is 25.0 Å². The molecule has 0 spiro atoms. The average Bonchev–Trinajstić information content (AvgIpc) is 3.60. The normalized spacial score (nSPS) is 15.6. The van der Waals surface area contributed by atoms with Gasteiger partial charge in [0.05, 0.1) is 18.5 Å². The van der Waals surface area contributed by atoms with Crippen LogP contribution >= 0.6 is 0 Å². The van der Waals surface area contributed by atoms with Crippen LogP contribution in [0.15, 0.2) is 48.8 Å². The van der Waals surface area contributed by atoms with Crippen LogP contribution in [0.25, 0.3) is 0 Å². The quantitative estimate of drug-likeness (QED) is 0.433. The maximum absolute atomic E-state index is 13.8. The van der Waals surface area contributed by atoms with E-state index in [1.807, 2.05) is 0 Å². The van der Waals surface area contributed by atoms with Crippen LogP contribution in [0.3, 0.4) is 0 Å².